The van der Waals surface area contributed by atoms with Crippen LogP contribution in [0.5, 0.6) is 0 Å². The third-order valence-electron chi connectivity index (χ3n) is 6.72. The van der Waals surface area contributed by atoms with Gasteiger partial charge in [-0.25, -0.2) is 4.79 Å². The first-order valence-electron chi connectivity index (χ1n) is 11.6. The van der Waals surface area contributed by atoms with E-state index in [1.165, 1.54) is 10.7 Å². The summed E-state index contributed by atoms with van der Waals surface area (Å²) in [6.07, 6.45) is 0.757. The van der Waals surface area contributed by atoms with E-state index in [-0.39, 0.29) is 42.5 Å². The van der Waals surface area contributed by atoms with Crippen LogP contribution in [0.15, 0.2) is 54.6 Å². The fourth-order valence-electron chi connectivity index (χ4n) is 4.96. The van der Waals surface area contributed by atoms with Gasteiger partial charge in [0.25, 0.3) is 5.91 Å². The molecule has 1 fully saturated rings. The van der Waals surface area contributed by atoms with E-state index in [0.29, 0.717) is 18.7 Å². The molecule has 3 N–H and O–H groups in total. The van der Waals surface area contributed by atoms with Crippen molar-refractivity contribution in [3.8, 4) is 11.1 Å². The Balaban J connectivity index is 1.17. The highest BCUT2D eigenvalue weighted by molar-refractivity contribution is 5.94. The highest BCUT2D eigenvalue weighted by atomic mass is 16.5. The molecule has 5 rings (SSSR count). The molecule has 2 aliphatic carbocycles. The Morgan fingerprint density at radius 2 is 1.69 bits per heavy atom. The predicted molar refractivity (Wildman–Crippen MR) is 128 cm³/mol. The number of carboxylic acid groups (broad SMARTS) is 1. The summed E-state index contributed by atoms with van der Waals surface area (Å²) >= 11 is 0. The number of fused-ring (bicyclic) bond motifs is 3. The van der Waals surface area contributed by atoms with Crippen LogP contribution in [0.1, 0.15) is 46.8 Å². The molecule has 2 amide bonds. The first-order chi connectivity index (χ1) is 16.9. The highest BCUT2D eigenvalue weighted by Crippen LogP contribution is 2.44. The predicted octanol–water partition coefficient (Wildman–Crippen LogP) is 3.76. The Morgan fingerprint density at radius 3 is 2.31 bits per heavy atom. The quantitative estimate of drug-likeness (QED) is 0.479. The number of amides is 2. The van der Waals surface area contributed by atoms with Crippen molar-refractivity contribution in [1.82, 2.24) is 15.1 Å². The Hall–Kier alpha value is -4.14. The van der Waals surface area contributed by atoms with Gasteiger partial charge < -0.3 is 15.2 Å². The van der Waals surface area contributed by atoms with E-state index in [0.717, 1.165) is 22.3 Å². The summed E-state index contributed by atoms with van der Waals surface area (Å²) in [6, 6.07) is 17.7. The molecule has 1 heterocycles. The van der Waals surface area contributed by atoms with Gasteiger partial charge in [0.1, 0.15) is 12.4 Å². The molecule has 35 heavy (non-hydrogen) atoms. The third kappa shape index (κ3) is 4.62. The van der Waals surface area contributed by atoms with Gasteiger partial charge in [0.15, 0.2) is 5.69 Å². The number of carboxylic acids is 1. The summed E-state index contributed by atoms with van der Waals surface area (Å²) in [6.45, 7) is 0.185. The van der Waals surface area contributed by atoms with Gasteiger partial charge in [-0.3, -0.25) is 19.6 Å². The van der Waals surface area contributed by atoms with Crippen molar-refractivity contribution in [2.45, 2.75) is 31.2 Å². The molecule has 0 bridgehead atoms. The Kier molecular flexibility index (Phi) is 5.98. The number of aliphatic carboxylic acids is 1. The molecular weight excluding hydrogens is 448 g/mol. The maximum absolute atomic E-state index is 12.6. The highest BCUT2D eigenvalue weighted by Gasteiger charge is 2.32. The molecule has 0 radical (unpaired) electrons. The lowest BCUT2D eigenvalue weighted by Gasteiger charge is -2.34. The molecule has 2 aromatic carbocycles. The van der Waals surface area contributed by atoms with Crippen LogP contribution in [-0.4, -0.2) is 45.5 Å². The molecule has 0 spiro atoms. The number of anilines is 1. The maximum atomic E-state index is 12.6. The number of aromatic nitrogens is 2. The van der Waals surface area contributed by atoms with Gasteiger partial charge in [-0.1, -0.05) is 48.5 Å². The van der Waals surface area contributed by atoms with E-state index in [4.69, 9.17) is 9.84 Å². The second-order valence-corrected chi connectivity index (χ2v) is 9.09. The van der Waals surface area contributed by atoms with Gasteiger partial charge in [0, 0.05) is 31.5 Å². The monoisotopic (exact) mass is 474 g/mol. The van der Waals surface area contributed by atoms with E-state index in [1.807, 2.05) is 24.3 Å². The molecule has 9 heteroatoms. The van der Waals surface area contributed by atoms with Crippen LogP contribution in [0.25, 0.3) is 11.1 Å². The van der Waals surface area contributed by atoms with Crippen molar-refractivity contribution in [2.24, 2.45) is 13.0 Å². The second kappa shape index (κ2) is 9.25. The number of carbonyl (C=O) groups excluding carboxylic acids is 2. The summed E-state index contributed by atoms with van der Waals surface area (Å²) < 4.78 is 6.97. The van der Waals surface area contributed by atoms with Crippen LogP contribution in [-0.2, 0) is 16.6 Å². The molecular formula is C26H26N4O5. The fraction of sp³-hybridized carbons (Fsp3) is 0.308. The van der Waals surface area contributed by atoms with Gasteiger partial charge in [0.2, 0.25) is 0 Å². The maximum Gasteiger partial charge on any atom is 0.412 e. The number of hydrogen-bond acceptors (Lipinski definition) is 5. The van der Waals surface area contributed by atoms with Gasteiger partial charge in [-0.05, 0) is 41.0 Å². The van der Waals surface area contributed by atoms with Gasteiger partial charge in [-0.15, -0.1) is 0 Å². The number of ether oxygens (including phenoxy) is 1. The summed E-state index contributed by atoms with van der Waals surface area (Å²) in [7, 11) is 1.63. The average molecular weight is 475 g/mol. The fourth-order valence-corrected chi connectivity index (χ4v) is 4.96. The number of nitrogens with one attached hydrogen (secondary N) is 2. The van der Waals surface area contributed by atoms with Crippen LogP contribution in [0.2, 0.25) is 0 Å². The molecule has 2 aliphatic rings. The van der Waals surface area contributed by atoms with Crippen LogP contribution in [0.3, 0.4) is 0 Å². The van der Waals surface area contributed by atoms with E-state index in [2.05, 4.69) is 40.0 Å². The lowest BCUT2D eigenvalue weighted by atomic mass is 9.78. The van der Waals surface area contributed by atoms with Crippen molar-refractivity contribution in [3.63, 3.8) is 0 Å². The van der Waals surface area contributed by atoms with Crippen molar-refractivity contribution in [1.29, 1.82) is 0 Å². The average Bonchev–Trinajstić information content (AvgIpc) is 3.33. The topological polar surface area (TPSA) is 123 Å². The Labute approximate surface area is 202 Å². The zero-order chi connectivity index (χ0) is 24.5. The van der Waals surface area contributed by atoms with Crippen LogP contribution in [0.4, 0.5) is 10.6 Å². The molecule has 0 unspecified atom stereocenters. The van der Waals surface area contributed by atoms with Gasteiger partial charge >= 0.3 is 12.1 Å². The first kappa shape index (κ1) is 22.6. The largest absolute Gasteiger partial charge is 0.481 e. The first-order valence-corrected chi connectivity index (χ1v) is 11.6. The minimum atomic E-state index is -0.826. The van der Waals surface area contributed by atoms with E-state index >= 15 is 0 Å². The standard InChI is InChI=1S/C26H26N4O5/c1-30-23(13-22(29-30)25(33)27-16-10-15(11-16)12-24(31)32)28-26(34)35-14-21-19-8-4-2-6-17(19)18-7-3-5-9-20(18)21/h2-9,13,15-16,21H,10-12,14H2,1H3,(H,27,33)(H,28,34)(H,31,32). The minimum Gasteiger partial charge on any atom is -0.481 e. The molecule has 1 aromatic heterocycles. The molecule has 9 nitrogen and oxygen atoms in total. The number of nitrogens with zero attached hydrogens (tertiary/aromatic N) is 2. The van der Waals surface area contributed by atoms with Gasteiger partial charge in [-0.2, -0.15) is 5.10 Å². The molecule has 1 saturated carbocycles. The number of aryl methyl sites for hydroxylation is 1. The number of rotatable bonds is 7. The molecule has 0 aliphatic heterocycles. The summed E-state index contributed by atoms with van der Waals surface area (Å²) in [5.41, 5.74) is 4.73. The van der Waals surface area contributed by atoms with Crippen LogP contribution in [0, 0.1) is 5.92 Å². The van der Waals surface area contributed by atoms with Crippen molar-refractivity contribution in [3.05, 3.63) is 71.4 Å². The summed E-state index contributed by atoms with van der Waals surface area (Å²) in [4.78, 5) is 35.8. The molecule has 180 valence electrons. The van der Waals surface area contributed by atoms with Gasteiger partial charge in [0.05, 0.1) is 0 Å². The Bertz CT molecular complexity index is 1250. The number of benzene rings is 2. The molecule has 0 saturated heterocycles. The van der Waals surface area contributed by atoms with Crippen LogP contribution < -0.4 is 10.6 Å². The summed E-state index contributed by atoms with van der Waals surface area (Å²) in [5, 5.41) is 18.5. The number of hydrogen-bond donors (Lipinski definition) is 3. The van der Waals surface area contributed by atoms with E-state index < -0.39 is 12.1 Å². The third-order valence-corrected chi connectivity index (χ3v) is 6.72. The van der Waals surface area contributed by atoms with Crippen LogP contribution >= 0.6 is 0 Å². The second-order valence-electron chi connectivity index (χ2n) is 9.09. The van der Waals surface area contributed by atoms with Crippen molar-refractivity contribution < 1.29 is 24.2 Å². The zero-order valence-electron chi connectivity index (χ0n) is 19.2. The lowest BCUT2D eigenvalue weighted by molar-refractivity contribution is -0.138. The lowest BCUT2D eigenvalue weighted by Crippen LogP contribution is -2.45. The molecule has 3 aromatic rings. The SMILES string of the molecule is Cn1nc(C(=O)NC2CC(CC(=O)O)C2)cc1NC(=O)OCC1c2ccccc2-c2ccccc21. The number of carbonyl (C=O) groups is 3. The normalized spacial score (nSPS) is 18.2. The molecule has 0 atom stereocenters. The van der Waals surface area contributed by atoms with E-state index in [9.17, 15) is 14.4 Å². The minimum absolute atomic E-state index is 0.0477. The summed E-state index contributed by atoms with van der Waals surface area (Å²) in [5.74, 6) is -0.807. The van der Waals surface area contributed by atoms with E-state index in [1.54, 1.807) is 7.05 Å². The smallest absolute Gasteiger partial charge is 0.412 e. The van der Waals surface area contributed by atoms with Crippen molar-refractivity contribution in [2.75, 3.05) is 11.9 Å². The zero-order valence-corrected chi connectivity index (χ0v) is 19.2. The van der Waals surface area contributed by atoms with Crippen molar-refractivity contribution >= 4 is 23.8 Å². The Morgan fingerprint density at radius 1 is 1.06 bits per heavy atom.